The second-order valence-corrected chi connectivity index (χ2v) is 3.97. The molecule has 2 nitrogen and oxygen atoms in total. The Morgan fingerprint density at radius 3 is 1.59 bits per heavy atom. The summed E-state index contributed by atoms with van der Waals surface area (Å²) in [6, 6.07) is 0. The van der Waals surface area contributed by atoms with Crippen molar-refractivity contribution in [3.05, 3.63) is 0 Å². The number of unbranched alkanes of at least 4 members (excludes halogenated alkanes) is 8. The largest absolute Gasteiger partial charge is 2.00 e. The average molecular weight is 412 g/mol. The van der Waals surface area contributed by atoms with E-state index in [1.165, 1.54) is 44.9 Å². The van der Waals surface area contributed by atoms with Crippen LogP contribution >= 0.6 is 24.0 Å². The van der Waals surface area contributed by atoms with Crippen molar-refractivity contribution < 1.29 is 15.6 Å². The molecule has 0 saturated heterocycles. The Bertz CT molecular complexity index is 161. The molecule has 0 aliphatic heterocycles. The summed E-state index contributed by atoms with van der Waals surface area (Å²) in [5.74, 6) is -0.659. The molecule has 0 amide bonds. The third kappa shape index (κ3) is 27.8. The van der Waals surface area contributed by atoms with E-state index in [1.54, 1.807) is 0 Å². The Hall–Kier alpha value is 2.72. The summed E-state index contributed by atoms with van der Waals surface area (Å²) in [6.07, 6.45) is 11.5. The number of hydrogen-bond acceptors (Lipinski definition) is 1. The zero-order chi connectivity index (χ0) is 10.6. The summed E-state index contributed by atoms with van der Waals surface area (Å²) < 4.78 is 0. The van der Waals surface area contributed by atoms with Gasteiger partial charge in [0.05, 0.1) is 0 Å². The fraction of sp³-hybridized carbons (Fsp3) is 0.917. The van der Waals surface area contributed by atoms with Gasteiger partial charge in [0, 0.05) is 6.42 Å². The number of rotatable bonds is 10. The maximum absolute atomic E-state index is 10.2. The van der Waals surface area contributed by atoms with Crippen LogP contribution in [0.2, 0.25) is 0 Å². The van der Waals surface area contributed by atoms with Gasteiger partial charge >= 0.3 is 81.4 Å². The molecule has 100 valence electrons. The van der Waals surface area contributed by atoms with Gasteiger partial charge in [0.15, 0.2) is 0 Å². The zero-order valence-electron chi connectivity index (χ0n) is 15.2. The van der Waals surface area contributed by atoms with E-state index in [9.17, 15) is 4.79 Å². The summed E-state index contributed by atoms with van der Waals surface area (Å²) in [6.45, 7) is 2.23. The van der Waals surface area contributed by atoms with Crippen LogP contribution in [0, 0.1) is 0 Å². The van der Waals surface area contributed by atoms with Crippen molar-refractivity contribution in [2.75, 3.05) is 0 Å². The number of carboxylic acid groups (broad SMARTS) is 1. The van der Waals surface area contributed by atoms with Crippen LogP contribution < -0.4 is 0 Å². The van der Waals surface area contributed by atoms with Crippen LogP contribution in [0.5, 0.6) is 0 Å². The van der Waals surface area contributed by atoms with Crippen molar-refractivity contribution in [2.24, 2.45) is 0 Å². The summed E-state index contributed by atoms with van der Waals surface area (Å²) in [7, 11) is 0. The van der Waals surface area contributed by atoms with Gasteiger partial charge in [-0.2, -0.15) is 0 Å². The molecule has 0 spiro atoms. The van der Waals surface area contributed by atoms with E-state index in [-0.39, 0.29) is 105 Å². The smallest absolute Gasteiger partial charge is 1.00 e. The zero-order valence-corrected chi connectivity index (χ0v) is 18.0. The van der Waals surface area contributed by atoms with Gasteiger partial charge in [-0.15, -0.1) is 24.0 Å². The van der Waals surface area contributed by atoms with Gasteiger partial charge in [-0.25, -0.2) is 0 Å². The van der Waals surface area contributed by atoms with Gasteiger partial charge in [0.2, 0.25) is 0 Å². The Balaban J connectivity index is -0.0000000402. The Morgan fingerprint density at radius 1 is 0.882 bits per heavy atom. The van der Waals surface area contributed by atoms with Crippen molar-refractivity contribution >= 4 is 105 Å². The molecule has 0 aliphatic carbocycles. The molecular weight excluding hydrogens is 383 g/mol. The van der Waals surface area contributed by atoms with Crippen LogP contribution in [-0.4, -0.2) is 86.6 Å². The second-order valence-electron chi connectivity index (χ2n) is 3.97. The van der Waals surface area contributed by atoms with Crippen LogP contribution in [0.4, 0.5) is 0 Å². The molecular formula is C12H29Ca2IO2. The quantitative estimate of drug-likeness (QED) is 0.330. The molecule has 0 aromatic rings. The topological polar surface area (TPSA) is 37.3 Å². The summed E-state index contributed by atoms with van der Waals surface area (Å²) in [5, 5.41) is 8.41. The van der Waals surface area contributed by atoms with Crippen molar-refractivity contribution in [2.45, 2.75) is 71.1 Å². The van der Waals surface area contributed by atoms with E-state index in [2.05, 4.69) is 6.92 Å². The Labute approximate surface area is 189 Å². The van der Waals surface area contributed by atoms with E-state index >= 15 is 0 Å². The molecule has 17 heavy (non-hydrogen) atoms. The third-order valence-electron chi connectivity index (χ3n) is 2.49. The van der Waals surface area contributed by atoms with E-state index in [0.29, 0.717) is 6.42 Å². The fourth-order valence-corrected chi connectivity index (χ4v) is 1.59. The van der Waals surface area contributed by atoms with Crippen molar-refractivity contribution in [1.82, 2.24) is 0 Å². The second kappa shape index (κ2) is 23.8. The summed E-state index contributed by atoms with van der Waals surface area (Å²) in [5.41, 5.74) is 0. The predicted octanol–water partition coefficient (Wildman–Crippen LogP) is 4.30. The molecule has 0 aliphatic rings. The van der Waals surface area contributed by atoms with Crippen molar-refractivity contribution in [3.63, 3.8) is 0 Å². The first-order valence-electron chi connectivity index (χ1n) is 5.99. The van der Waals surface area contributed by atoms with E-state index < -0.39 is 5.97 Å². The van der Waals surface area contributed by atoms with Gasteiger partial charge in [0.1, 0.15) is 0 Å². The molecule has 0 unspecified atom stereocenters. The molecule has 0 fully saturated rings. The first kappa shape index (κ1) is 28.0. The molecule has 5 heteroatoms. The Morgan fingerprint density at radius 2 is 1.24 bits per heavy atom. The van der Waals surface area contributed by atoms with Crippen LogP contribution in [0.15, 0.2) is 0 Å². The number of carboxylic acids is 1. The molecule has 1 N–H and O–H groups in total. The monoisotopic (exact) mass is 412 g/mol. The average Bonchev–Trinajstić information content (AvgIpc) is 2.15. The maximum Gasteiger partial charge on any atom is 2.00 e. The molecule has 0 rings (SSSR count). The van der Waals surface area contributed by atoms with Gasteiger partial charge in [-0.3, -0.25) is 4.79 Å². The number of carbonyl (C=O) groups is 1. The first-order chi connectivity index (χ1) is 6.77. The normalized spacial score (nSPS) is 8.53. The summed E-state index contributed by atoms with van der Waals surface area (Å²) >= 11 is 0. The maximum atomic E-state index is 10.2. The minimum atomic E-state index is -0.659. The van der Waals surface area contributed by atoms with E-state index in [4.69, 9.17) is 5.11 Å². The molecule has 0 aromatic heterocycles. The predicted molar refractivity (Wildman–Crippen MR) is 90.9 cm³/mol. The molecule has 0 heterocycles. The Kier molecular flexibility index (Phi) is 39.1. The van der Waals surface area contributed by atoms with Crippen LogP contribution in [-0.2, 0) is 4.79 Å². The SMILES string of the molecule is CCCCCCCCCCCC(=O)O.I.[Ca+2].[Ca+2].[H-].[H-].[H-].[H-]. The van der Waals surface area contributed by atoms with Crippen LogP contribution in [0.3, 0.4) is 0 Å². The van der Waals surface area contributed by atoms with Gasteiger partial charge in [-0.1, -0.05) is 58.3 Å². The van der Waals surface area contributed by atoms with Crippen LogP contribution in [0.1, 0.15) is 76.8 Å². The molecule has 0 radical (unpaired) electrons. The van der Waals surface area contributed by atoms with Gasteiger partial charge in [-0.05, 0) is 6.42 Å². The van der Waals surface area contributed by atoms with Gasteiger partial charge < -0.3 is 10.8 Å². The molecule has 0 atom stereocenters. The molecule has 0 aromatic carbocycles. The number of halogens is 1. The molecule has 0 bridgehead atoms. The first-order valence-corrected chi connectivity index (χ1v) is 5.99. The minimum absolute atomic E-state index is 0. The number of aliphatic carboxylic acids is 1. The third-order valence-corrected chi connectivity index (χ3v) is 2.49. The fourth-order valence-electron chi connectivity index (χ4n) is 1.59. The van der Waals surface area contributed by atoms with Crippen molar-refractivity contribution in [3.8, 4) is 0 Å². The van der Waals surface area contributed by atoms with Crippen LogP contribution in [0.25, 0.3) is 0 Å². The summed E-state index contributed by atoms with van der Waals surface area (Å²) in [4.78, 5) is 10.2. The van der Waals surface area contributed by atoms with Crippen molar-refractivity contribution in [1.29, 1.82) is 0 Å². The van der Waals surface area contributed by atoms with E-state index in [1.807, 2.05) is 0 Å². The van der Waals surface area contributed by atoms with E-state index in [0.717, 1.165) is 12.8 Å². The standard InChI is InChI=1S/C12H24O2.2Ca.HI.4H/c1-2-3-4-5-6-7-8-9-10-11-12(13)14;;;;;;;/h2-11H2,1H3,(H,13,14);;;1H;;;;/q;2*+2;;4*-1. The minimum Gasteiger partial charge on any atom is -1.00 e. The molecule has 0 saturated carbocycles. The number of hydrogen-bond donors (Lipinski definition) is 1. The van der Waals surface area contributed by atoms with Gasteiger partial charge in [0.25, 0.3) is 0 Å².